The Morgan fingerprint density at radius 2 is 1.86 bits per heavy atom. The highest BCUT2D eigenvalue weighted by Gasteiger charge is 2.50. The summed E-state index contributed by atoms with van der Waals surface area (Å²) in [6.07, 6.45) is 2.16. The Kier molecular flexibility index (Phi) is 7.10. The van der Waals surface area contributed by atoms with Crippen molar-refractivity contribution >= 4 is 11.8 Å². The van der Waals surface area contributed by atoms with E-state index in [9.17, 15) is 9.59 Å². The van der Waals surface area contributed by atoms with E-state index < -0.39 is 6.29 Å². The number of nitrogens with one attached hydrogen (secondary N) is 1. The maximum atomic E-state index is 13.2. The molecule has 3 unspecified atom stereocenters. The Labute approximate surface area is 172 Å². The number of piperidine rings is 1. The number of benzene rings is 1. The molecule has 1 N–H and O–H groups in total. The van der Waals surface area contributed by atoms with Crippen molar-refractivity contribution in [2.75, 3.05) is 34.9 Å². The molecule has 160 valence electrons. The monoisotopic (exact) mass is 405 g/mol. The first-order chi connectivity index (χ1) is 14.0. The summed E-state index contributed by atoms with van der Waals surface area (Å²) >= 11 is 0. The van der Waals surface area contributed by atoms with Crippen LogP contribution >= 0.6 is 0 Å². The fourth-order valence-electron chi connectivity index (χ4n) is 4.46. The van der Waals surface area contributed by atoms with E-state index in [2.05, 4.69) is 10.2 Å². The summed E-state index contributed by atoms with van der Waals surface area (Å²) < 4.78 is 16.2. The number of likely N-dealkylation sites (tertiary alicyclic amines) is 1. The number of amides is 2. The van der Waals surface area contributed by atoms with Crippen LogP contribution in [-0.2, 0) is 25.6 Å². The minimum Gasteiger partial charge on any atom is -0.497 e. The van der Waals surface area contributed by atoms with Crippen LogP contribution in [0.2, 0.25) is 0 Å². The van der Waals surface area contributed by atoms with Gasteiger partial charge in [-0.25, -0.2) is 0 Å². The van der Waals surface area contributed by atoms with Crippen molar-refractivity contribution in [2.45, 2.75) is 50.2 Å². The predicted octanol–water partition coefficient (Wildman–Crippen LogP) is 0.994. The summed E-state index contributed by atoms with van der Waals surface area (Å²) in [4.78, 5) is 29.6. The van der Waals surface area contributed by atoms with Gasteiger partial charge in [-0.1, -0.05) is 12.1 Å². The van der Waals surface area contributed by atoms with Gasteiger partial charge < -0.3 is 24.4 Å². The first kappa shape index (κ1) is 21.5. The average Bonchev–Trinajstić information content (AvgIpc) is 2.74. The summed E-state index contributed by atoms with van der Waals surface area (Å²) in [5.74, 6) is 0.530. The molecule has 0 aromatic heterocycles. The van der Waals surface area contributed by atoms with Crippen molar-refractivity contribution in [1.29, 1.82) is 0 Å². The van der Waals surface area contributed by atoms with Gasteiger partial charge in [-0.3, -0.25) is 14.5 Å². The highest BCUT2D eigenvalue weighted by atomic mass is 16.7. The van der Waals surface area contributed by atoms with Gasteiger partial charge in [-0.15, -0.1) is 0 Å². The van der Waals surface area contributed by atoms with Crippen LogP contribution in [0.15, 0.2) is 24.3 Å². The molecule has 8 heteroatoms. The normalized spacial score (nSPS) is 24.7. The van der Waals surface area contributed by atoms with Crippen molar-refractivity contribution in [1.82, 2.24) is 15.1 Å². The number of piperazine rings is 1. The quantitative estimate of drug-likeness (QED) is 0.650. The van der Waals surface area contributed by atoms with Crippen molar-refractivity contribution in [2.24, 2.45) is 0 Å². The number of ether oxygens (including phenoxy) is 3. The molecule has 3 rings (SSSR count). The van der Waals surface area contributed by atoms with Gasteiger partial charge in [-0.05, 0) is 44.0 Å². The zero-order valence-corrected chi connectivity index (χ0v) is 17.6. The van der Waals surface area contributed by atoms with Gasteiger partial charge in [0.25, 0.3) is 0 Å². The predicted molar refractivity (Wildman–Crippen MR) is 107 cm³/mol. The highest BCUT2D eigenvalue weighted by Crippen LogP contribution is 2.34. The molecule has 29 heavy (non-hydrogen) atoms. The molecule has 1 aromatic carbocycles. The zero-order chi connectivity index (χ0) is 21.0. The van der Waals surface area contributed by atoms with Gasteiger partial charge in [0.2, 0.25) is 11.8 Å². The third kappa shape index (κ3) is 4.55. The summed E-state index contributed by atoms with van der Waals surface area (Å²) in [5, 5.41) is 2.91. The molecule has 0 radical (unpaired) electrons. The van der Waals surface area contributed by atoms with Crippen LogP contribution in [0.4, 0.5) is 0 Å². The molecule has 2 heterocycles. The van der Waals surface area contributed by atoms with E-state index in [1.807, 2.05) is 31.3 Å². The number of methoxy groups -OCH3 is 3. The number of hydrogen-bond donors (Lipinski definition) is 1. The molecule has 2 saturated heterocycles. The largest absolute Gasteiger partial charge is 0.497 e. The van der Waals surface area contributed by atoms with Gasteiger partial charge >= 0.3 is 0 Å². The molecule has 3 atom stereocenters. The minimum absolute atomic E-state index is 0.0102. The van der Waals surface area contributed by atoms with Crippen molar-refractivity contribution < 1.29 is 23.8 Å². The molecular formula is C21H31N3O5. The number of likely N-dealkylation sites (N-methyl/N-ethyl adjacent to an activating group) is 1. The first-order valence-electron chi connectivity index (χ1n) is 9.97. The second-order valence-corrected chi connectivity index (χ2v) is 7.60. The fourth-order valence-corrected chi connectivity index (χ4v) is 4.46. The van der Waals surface area contributed by atoms with Crippen LogP contribution in [0.1, 0.15) is 24.8 Å². The van der Waals surface area contributed by atoms with E-state index in [0.29, 0.717) is 6.54 Å². The molecule has 2 fully saturated rings. The van der Waals surface area contributed by atoms with E-state index in [-0.39, 0.29) is 36.5 Å². The highest BCUT2D eigenvalue weighted by molar-refractivity contribution is 5.88. The standard InChI is InChI=1S/C21H31N3O5/c1-23-16-6-5-7-17(23)20(26)24(19(16)21(28-3)29-4)13-18(25)22-12-14-8-10-15(27-2)11-9-14/h8-11,16-17,19,21H,5-7,12-13H2,1-4H3,(H,22,25). The molecule has 0 aliphatic carbocycles. The van der Waals surface area contributed by atoms with Crippen LogP contribution in [0.5, 0.6) is 5.75 Å². The van der Waals surface area contributed by atoms with Crippen LogP contribution in [0, 0.1) is 0 Å². The Balaban J connectivity index is 1.69. The second kappa shape index (κ2) is 9.56. The number of fused-ring (bicyclic) bond motifs is 2. The lowest BCUT2D eigenvalue weighted by atomic mass is 9.85. The van der Waals surface area contributed by atoms with Crippen molar-refractivity contribution in [3.05, 3.63) is 29.8 Å². The van der Waals surface area contributed by atoms with E-state index >= 15 is 0 Å². The average molecular weight is 405 g/mol. The van der Waals surface area contributed by atoms with Crippen LogP contribution in [0.3, 0.4) is 0 Å². The topological polar surface area (TPSA) is 80.3 Å². The molecule has 0 spiro atoms. The molecule has 2 amide bonds. The van der Waals surface area contributed by atoms with Gasteiger partial charge in [0.15, 0.2) is 6.29 Å². The molecule has 2 aliphatic heterocycles. The Morgan fingerprint density at radius 1 is 1.17 bits per heavy atom. The van der Waals surface area contributed by atoms with Gasteiger partial charge in [-0.2, -0.15) is 0 Å². The van der Waals surface area contributed by atoms with Crippen LogP contribution in [-0.4, -0.2) is 81.0 Å². The Bertz CT molecular complexity index is 707. The summed E-state index contributed by atoms with van der Waals surface area (Å²) in [7, 11) is 6.72. The van der Waals surface area contributed by atoms with Crippen LogP contribution in [0.25, 0.3) is 0 Å². The number of hydrogen-bond acceptors (Lipinski definition) is 6. The Hall–Kier alpha value is -2.16. The number of carbonyl (C=O) groups is 2. The maximum absolute atomic E-state index is 13.2. The molecule has 8 nitrogen and oxygen atoms in total. The summed E-state index contributed by atoms with van der Waals surface area (Å²) in [6.45, 7) is 0.379. The van der Waals surface area contributed by atoms with Gasteiger partial charge in [0.1, 0.15) is 12.3 Å². The Morgan fingerprint density at radius 3 is 2.48 bits per heavy atom. The van der Waals surface area contributed by atoms with Crippen molar-refractivity contribution in [3.8, 4) is 5.75 Å². The SMILES string of the molecule is COc1ccc(CNC(=O)CN2C(=O)C3CCCC(C2C(OC)OC)N3C)cc1. The second-order valence-electron chi connectivity index (χ2n) is 7.60. The third-order valence-electron chi connectivity index (χ3n) is 6.02. The van der Waals surface area contributed by atoms with Crippen molar-refractivity contribution in [3.63, 3.8) is 0 Å². The van der Waals surface area contributed by atoms with Gasteiger partial charge in [0.05, 0.1) is 19.2 Å². The number of rotatable bonds is 8. The lowest BCUT2D eigenvalue weighted by molar-refractivity contribution is -0.195. The van der Waals surface area contributed by atoms with E-state index in [1.54, 1.807) is 26.2 Å². The lowest BCUT2D eigenvalue weighted by Gasteiger charge is -2.53. The summed E-state index contributed by atoms with van der Waals surface area (Å²) in [6, 6.07) is 7.10. The fraction of sp³-hybridized carbons (Fsp3) is 0.619. The van der Waals surface area contributed by atoms with E-state index in [1.165, 1.54) is 0 Å². The zero-order valence-electron chi connectivity index (χ0n) is 17.6. The number of carbonyl (C=O) groups excluding carboxylic acids is 2. The van der Waals surface area contributed by atoms with Gasteiger partial charge in [0, 0.05) is 26.8 Å². The smallest absolute Gasteiger partial charge is 0.240 e. The molecular weight excluding hydrogens is 374 g/mol. The number of nitrogens with zero attached hydrogens (tertiary/aromatic N) is 2. The van der Waals surface area contributed by atoms with Crippen LogP contribution < -0.4 is 10.1 Å². The molecule has 1 aromatic rings. The maximum Gasteiger partial charge on any atom is 0.240 e. The van der Waals surface area contributed by atoms with E-state index in [0.717, 1.165) is 30.6 Å². The molecule has 2 aliphatic rings. The third-order valence-corrected chi connectivity index (χ3v) is 6.02. The van der Waals surface area contributed by atoms with E-state index in [4.69, 9.17) is 14.2 Å². The summed E-state index contributed by atoms with van der Waals surface area (Å²) in [5.41, 5.74) is 0.962. The first-order valence-corrected chi connectivity index (χ1v) is 9.97. The molecule has 0 saturated carbocycles. The minimum atomic E-state index is -0.583. The molecule has 2 bridgehead atoms. The lowest BCUT2D eigenvalue weighted by Crippen LogP contribution is -2.71.